The maximum absolute atomic E-state index is 6.10. The molecule has 0 fully saturated rings. The third-order valence-corrected chi connectivity index (χ3v) is 3.90. The molecule has 0 unspecified atom stereocenters. The average molecular weight is 328 g/mol. The Morgan fingerprint density at radius 3 is 2.86 bits per heavy atom. The Bertz CT molecular complexity index is 596. The van der Waals surface area contributed by atoms with E-state index in [1.807, 2.05) is 19.1 Å². The molecule has 0 radical (unpaired) electrons. The van der Waals surface area contributed by atoms with E-state index in [0.29, 0.717) is 22.4 Å². The Kier molecular flexibility index (Phi) is 5.97. The maximum atomic E-state index is 6.10. The monoisotopic (exact) mass is 327 g/mol. The van der Waals surface area contributed by atoms with E-state index < -0.39 is 0 Å². The summed E-state index contributed by atoms with van der Waals surface area (Å²) in [7, 11) is 0. The second-order valence-electron chi connectivity index (χ2n) is 4.81. The van der Waals surface area contributed by atoms with Crippen LogP contribution in [0, 0.1) is 6.92 Å². The van der Waals surface area contributed by atoms with Gasteiger partial charge in [-0.25, -0.2) is 0 Å². The van der Waals surface area contributed by atoms with Crippen molar-refractivity contribution in [2.45, 2.75) is 33.4 Å². The lowest BCUT2D eigenvalue weighted by atomic mass is 10.2. The quantitative estimate of drug-likeness (QED) is 0.729. The lowest BCUT2D eigenvalue weighted by Crippen LogP contribution is -2.13. The van der Waals surface area contributed by atoms with Crippen LogP contribution in [0.4, 0.5) is 0 Å². The van der Waals surface area contributed by atoms with Crippen LogP contribution in [0.5, 0.6) is 5.75 Å². The Hall–Kier alpha value is -1.16. The summed E-state index contributed by atoms with van der Waals surface area (Å²) in [6, 6.07) is 7.35. The zero-order valence-electron chi connectivity index (χ0n) is 12.2. The Labute approximate surface area is 135 Å². The van der Waals surface area contributed by atoms with Crippen molar-refractivity contribution in [1.29, 1.82) is 0 Å². The van der Waals surface area contributed by atoms with Crippen molar-refractivity contribution >= 4 is 23.2 Å². The highest BCUT2D eigenvalue weighted by Crippen LogP contribution is 2.32. The molecule has 2 rings (SSSR count). The van der Waals surface area contributed by atoms with E-state index in [2.05, 4.69) is 12.2 Å². The number of rotatable bonds is 7. The van der Waals surface area contributed by atoms with Crippen LogP contribution in [-0.2, 0) is 13.2 Å². The summed E-state index contributed by atoms with van der Waals surface area (Å²) >= 11 is 12.1. The van der Waals surface area contributed by atoms with Crippen LogP contribution in [0.2, 0.25) is 10.0 Å². The van der Waals surface area contributed by atoms with Crippen molar-refractivity contribution < 1.29 is 9.15 Å². The van der Waals surface area contributed by atoms with Crippen LogP contribution in [0.1, 0.15) is 30.4 Å². The lowest BCUT2D eigenvalue weighted by molar-refractivity contribution is 0.303. The summed E-state index contributed by atoms with van der Waals surface area (Å²) in [5.41, 5.74) is 1.01. The van der Waals surface area contributed by atoms with Gasteiger partial charge in [0.15, 0.2) is 0 Å². The predicted octanol–water partition coefficient (Wildman–Crippen LogP) is 4.97. The van der Waals surface area contributed by atoms with Crippen molar-refractivity contribution in [3.05, 3.63) is 51.4 Å². The van der Waals surface area contributed by atoms with Crippen LogP contribution >= 0.6 is 23.2 Å². The number of furan rings is 1. The number of halogens is 2. The Balaban J connectivity index is 1.98. The maximum Gasteiger partial charge on any atom is 0.139 e. The fourth-order valence-electron chi connectivity index (χ4n) is 1.96. The van der Waals surface area contributed by atoms with Gasteiger partial charge in [-0.1, -0.05) is 36.2 Å². The normalized spacial score (nSPS) is 10.9. The van der Waals surface area contributed by atoms with Crippen molar-refractivity contribution in [3.8, 4) is 5.75 Å². The largest absolute Gasteiger partial charge is 0.487 e. The predicted molar refractivity (Wildman–Crippen MR) is 86.2 cm³/mol. The van der Waals surface area contributed by atoms with E-state index in [-0.39, 0.29) is 0 Å². The molecule has 1 heterocycles. The molecule has 3 nitrogen and oxygen atoms in total. The first-order chi connectivity index (χ1) is 10.1. The van der Waals surface area contributed by atoms with Gasteiger partial charge in [0.1, 0.15) is 28.9 Å². The van der Waals surface area contributed by atoms with E-state index in [9.17, 15) is 0 Å². The van der Waals surface area contributed by atoms with Gasteiger partial charge >= 0.3 is 0 Å². The highest BCUT2D eigenvalue weighted by Gasteiger charge is 2.10. The second kappa shape index (κ2) is 7.74. The van der Waals surface area contributed by atoms with E-state index in [4.69, 9.17) is 32.4 Å². The summed E-state index contributed by atoms with van der Waals surface area (Å²) in [6.45, 7) is 6.18. The van der Waals surface area contributed by atoms with Crippen molar-refractivity contribution in [3.63, 3.8) is 0 Å². The highest BCUT2D eigenvalue weighted by atomic mass is 35.5. The number of aryl methyl sites for hydroxylation is 1. The SMILES string of the molecule is CCCNCc1cc(COc2cccc(Cl)c2Cl)c(C)o1. The third-order valence-electron chi connectivity index (χ3n) is 3.10. The van der Waals surface area contributed by atoms with Gasteiger partial charge in [0, 0.05) is 5.56 Å². The van der Waals surface area contributed by atoms with Crippen LogP contribution in [0.3, 0.4) is 0 Å². The molecule has 1 aromatic heterocycles. The molecular weight excluding hydrogens is 309 g/mol. The third kappa shape index (κ3) is 4.40. The molecule has 0 aliphatic carbocycles. The smallest absolute Gasteiger partial charge is 0.139 e. The van der Waals surface area contributed by atoms with Gasteiger partial charge in [-0.2, -0.15) is 0 Å². The van der Waals surface area contributed by atoms with Crippen LogP contribution in [-0.4, -0.2) is 6.54 Å². The fourth-order valence-corrected chi connectivity index (χ4v) is 2.30. The van der Waals surface area contributed by atoms with Crippen LogP contribution in [0.15, 0.2) is 28.7 Å². The van der Waals surface area contributed by atoms with E-state index in [1.165, 1.54) is 0 Å². The van der Waals surface area contributed by atoms with Gasteiger partial charge < -0.3 is 14.5 Å². The molecule has 0 saturated carbocycles. The van der Waals surface area contributed by atoms with Crippen LogP contribution < -0.4 is 10.1 Å². The first-order valence-electron chi connectivity index (χ1n) is 6.97. The molecule has 0 aliphatic heterocycles. The fraction of sp³-hybridized carbons (Fsp3) is 0.375. The van der Waals surface area contributed by atoms with Gasteiger partial charge in [-0.15, -0.1) is 0 Å². The van der Waals surface area contributed by atoms with Gasteiger partial charge in [0.2, 0.25) is 0 Å². The zero-order chi connectivity index (χ0) is 15.2. The molecule has 0 spiro atoms. The summed E-state index contributed by atoms with van der Waals surface area (Å²) in [5, 5.41) is 4.23. The van der Waals surface area contributed by atoms with Crippen molar-refractivity contribution in [1.82, 2.24) is 5.32 Å². The molecule has 0 saturated heterocycles. The molecule has 21 heavy (non-hydrogen) atoms. The number of nitrogens with one attached hydrogen (secondary N) is 1. The van der Waals surface area contributed by atoms with Crippen molar-refractivity contribution in [2.24, 2.45) is 0 Å². The number of ether oxygens (including phenoxy) is 1. The van der Waals surface area contributed by atoms with Gasteiger partial charge in [-0.05, 0) is 38.1 Å². The van der Waals surface area contributed by atoms with E-state index in [0.717, 1.165) is 36.6 Å². The molecular formula is C16H19Cl2NO2. The van der Waals surface area contributed by atoms with E-state index >= 15 is 0 Å². The molecule has 0 aliphatic rings. The first-order valence-corrected chi connectivity index (χ1v) is 7.73. The first kappa shape index (κ1) is 16.2. The second-order valence-corrected chi connectivity index (χ2v) is 5.60. The minimum Gasteiger partial charge on any atom is -0.487 e. The average Bonchev–Trinajstić information content (AvgIpc) is 2.81. The molecule has 1 N–H and O–H groups in total. The van der Waals surface area contributed by atoms with Gasteiger partial charge in [0.05, 0.1) is 11.6 Å². The molecule has 0 atom stereocenters. The topological polar surface area (TPSA) is 34.4 Å². The van der Waals surface area contributed by atoms with Gasteiger partial charge in [0.25, 0.3) is 0 Å². The standard InChI is InChI=1S/C16H19Cl2NO2/c1-3-7-19-9-13-8-12(11(2)21-13)10-20-15-6-4-5-14(17)16(15)18/h4-6,8,19H,3,7,9-10H2,1-2H3. The molecule has 5 heteroatoms. The zero-order valence-corrected chi connectivity index (χ0v) is 13.7. The summed E-state index contributed by atoms with van der Waals surface area (Å²) < 4.78 is 11.4. The molecule has 0 bridgehead atoms. The summed E-state index contributed by atoms with van der Waals surface area (Å²) in [5.74, 6) is 2.36. The lowest BCUT2D eigenvalue weighted by Gasteiger charge is -2.07. The molecule has 2 aromatic rings. The minimum atomic E-state index is 0.406. The van der Waals surface area contributed by atoms with E-state index in [1.54, 1.807) is 12.1 Å². The van der Waals surface area contributed by atoms with Crippen LogP contribution in [0.25, 0.3) is 0 Å². The summed E-state index contributed by atoms with van der Waals surface area (Å²) in [6.07, 6.45) is 1.10. The van der Waals surface area contributed by atoms with Crippen molar-refractivity contribution in [2.75, 3.05) is 6.54 Å². The molecule has 114 valence electrons. The summed E-state index contributed by atoms with van der Waals surface area (Å²) in [4.78, 5) is 0. The number of hydrogen-bond donors (Lipinski definition) is 1. The molecule has 1 aromatic carbocycles. The highest BCUT2D eigenvalue weighted by molar-refractivity contribution is 6.42. The number of benzene rings is 1. The minimum absolute atomic E-state index is 0.406. The number of hydrogen-bond acceptors (Lipinski definition) is 3. The Morgan fingerprint density at radius 2 is 2.10 bits per heavy atom. The molecule has 0 amide bonds. The van der Waals surface area contributed by atoms with Gasteiger partial charge in [-0.3, -0.25) is 0 Å². The Morgan fingerprint density at radius 1 is 1.29 bits per heavy atom.